The van der Waals surface area contributed by atoms with Crippen molar-refractivity contribution in [3.8, 4) is 17.4 Å². The monoisotopic (exact) mass is 440 g/mol. The molecule has 3 rings (SSSR count). The molecule has 1 aliphatic carbocycles. The van der Waals surface area contributed by atoms with Gasteiger partial charge in [-0.15, -0.1) is 0 Å². The minimum absolute atomic E-state index is 0.314. The van der Waals surface area contributed by atoms with Crippen LogP contribution in [0.1, 0.15) is 44.6 Å². The molecule has 1 fully saturated rings. The lowest BCUT2D eigenvalue weighted by Gasteiger charge is -2.30. The van der Waals surface area contributed by atoms with E-state index in [1.807, 2.05) is 42.6 Å². The van der Waals surface area contributed by atoms with Crippen LogP contribution in [0.5, 0.6) is 17.4 Å². The Morgan fingerprint density at radius 2 is 1.81 bits per heavy atom. The zero-order valence-electron chi connectivity index (χ0n) is 19.5. The van der Waals surface area contributed by atoms with Crippen molar-refractivity contribution < 1.29 is 14.2 Å². The molecule has 0 atom stereocenters. The Hall–Kier alpha value is -2.80. The van der Waals surface area contributed by atoms with Gasteiger partial charge in [0.15, 0.2) is 5.96 Å². The van der Waals surface area contributed by atoms with E-state index in [1.165, 1.54) is 25.7 Å². The summed E-state index contributed by atoms with van der Waals surface area (Å²) in [7, 11) is 3.45. The van der Waals surface area contributed by atoms with Crippen molar-refractivity contribution in [3.05, 3.63) is 48.2 Å². The molecule has 0 aliphatic heterocycles. The SMILES string of the molecule is CCOCCC1(CNC(=NC)NCc2ccc(Oc3ccc(OC)cc3)nc2)CCCC1. The van der Waals surface area contributed by atoms with Gasteiger partial charge < -0.3 is 24.8 Å². The van der Waals surface area contributed by atoms with Gasteiger partial charge in [-0.1, -0.05) is 18.9 Å². The smallest absolute Gasteiger partial charge is 0.219 e. The Kier molecular flexibility index (Phi) is 9.16. The highest BCUT2D eigenvalue weighted by Gasteiger charge is 2.33. The molecule has 1 heterocycles. The first-order valence-electron chi connectivity index (χ1n) is 11.5. The molecule has 2 aromatic rings. The number of guanidine groups is 1. The van der Waals surface area contributed by atoms with E-state index < -0.39 is 0 Å². The lowest BCUT2D eigenvalue weighted by atomic mass is 9.83. The van der Waals surface area contributed by atoms with Crippen LogP contribution in [0.25, 0.3) is 0 Å². The number of rotatable bonds is 11. The van der Waals surface area contributed by atoms with Crippen molar-refractivity contribution in [2.24, 2.45) is 10.4 Å². The molecular weight excluding hydrogens is 404 g/mol. The van der Waals surface area contributed by atoms with E-state index in [-0.39, 0.29) is 0 Å². The van der Waals surface area contributed by atoms with Crippen LogP contribution in [0.4, 0.5) is 0 Å². The highest BCUT2D eigenvalue weighted by atomic mass is 16.5. The standard InChI is InChI=1S/C25H36N4O3/c1-4-31-16-15-25(13-5-6-14-25)19-29-24(26-2)28-18-20-7-12-23(27-17-20)32-22-10-8-21(30-3)9-11-22/h7-12,17H,4-6,13-16,18-19H2,1-3H3,(H2,26,28,29). The van der Waals surface area contributed by atoms with Crippen LogP contribution < -0.4 is 20.1 Å². The molecule has 0 unspecified atom stereocenters. The van der Waals surface area contributed by atoms with Gasteiger partial charge >= 0.3 is 0 Å². The molecule has 7 nitrogen and oxygen atoms in total. The third-order valence-corrected chi connectivity index (χ3v) is 6.04. The van der Waals surface area contributed by atoms with Gasteiger partial charge in [0, 0.05) is 45.6 Å². The van der Waals surface area contributed by atoms with Crippen LogP contribution in [0.3, 0.4) is 0 Å². The zero-order chi connectivity index (χ0) is 22.7. The first kappa shape index (κ1) is 23.9. The predicted molar refractivity (Wildman–Crippen MR) is 128 cm³/mol. The molecule has 1 aromatic heterocycles. The lowest BCUT2D eigenvalue weighted by Crippen LogP contribution is -2.43. The number of nitrogens with one attached hydrogen (secondary N) is 2. The molecule has 174 valence electrons. The summed E-state index contributed by atoms with van der Waals surface area (Å²) in [4.78, 5) is 8.80. The van der Waals surface area contributed by atoms with Gasteiger partial charge in [0.25, 0.3) is 0 Å². The summed E-state index contributed by atoms with van der Waals surface area (Å²) in [5.41, 5.74) is 1.37. The van der Waals surface area contributed by atoms with Crippen LogP contribution in [-0.4, -0.2) is 44.9 Å². The Labute approximate surface area is 191 Å². The second kappa shape index (κ2) is 12.3. The zero-order valence-corrected chi connectivity index (χ0v) is 19.5. The number of methoxy groups -OCH3 is 1. The number of aromatic nitrogens is 1. The Balaban J connectivity index is 1.46. The predicted octanol–water partition coefficient (Wildman–Crippen LogP) is 4.53. The van der Waals surface area contributed by atoms with Gasteiger partial charge in [0.1, 0.15) is 11.5 Å². The second-order valence-electron chi connectivity index (χ2n) is 8.22. The second-order valence-corrected chi connectivity index (χ2v) is 8.22. The summed E-state index contributed by atoms with van der Waals surface area (Å²) >= 11 is 0. The quantitative estimate of drug-likeness (QED) is 0.304. The lowest BCUT2D eigenvalue weighted by molar-refractivity contribution is 0.105. The summed E-state index contributed by atoms with van der Waals surface area (Å²) in [5, 5.41) is 6.92. The van der Waals surface area contributed by atoms with Gasteiger partial charge in [-0.25, -0.2) is 4.98 Å². The third-order valence-electron chi connectivity index (χ3n) is 6.04. The number of benzene rings is 1. The first-order chi connectivity index (χ1) is 15.7. The minimum atomic E-state index is 0.314. The van der Waals surface area contributed by atoms with Crippen molar-refractivity contribution in [1.29, 1.82) is 0 Å². The molecule has 0 amide bonds. The number of ether oxygens (including phenoxy) is 3. The molecule has 0 bridgehead atoms. The maximum absolute atomic E-state index is 5.79. The Morgan fingerprint density at radius 3 is 2.44 bits per heavy atom. The van der Waals surface area contributed by atoms with Crippen LogP contribution in [-0.2, 0) is 11.3 Å². The van der Waals surface area contributed by atoms with E-state index in [0.717, 1.165) is 49.2 Å². The fraction of sp³-hybridized carbons (Fsp3) is 0.520. The average Bonchev–Trinajstić information content (AvgIpc) is 3.30. The van der Waals surface area contributed by atoms with Crippen LogP contribution in [0.2, 0.25) is 0 Å². The molecular formula is C25H36N4O3. The summed E-state index contributed by atoms with van der Waals surface area (Å²) < 4.78 is 16.6. The number of hydrogen-bond acceptors (Lipinski definition) is 5. The highest BCUT2D eigenvalue weighted by molar-refractivity contribution is 5.79. The topological polar surface area (TPSA) is 77.0 Å². The number of nitrogens with zero attached hydrogens (tertiary/aromatic N) is 2. The van der Waals surface area contributed by atoms with Crippen molar-refractivity contribution >= 4 is 5.96 Å². The Bertz CT molecular complexity index is 831. The third kappa shape index (κ3) is 7.12. The average molecular weight is 441 g/mol. The summed E-state index contributed by atoms with van der Waals surface area (Å²) in [6.45, 7) is 5.23. The van der Waals surface area contributed by atoms with E-state index in [0.29, 0.717) is 17.8 Å². The van der Waals surface area contributed by atoms with Gasteiger partial charge in [-0.3, -0.25) is 4.99 Å². The van der Waals surface area contributed by atoms with Crippen LogP contribution in [0.15, 0.2) is 47.6 Å². The van der Waals surface area contributed by atoms with Crippen molar-refractivity contribution in [1.82, 2.24) is 15.6 Å². The molecule has 1 aromatic carbocycles. The molecule has 0 saturated heterocycles. The van der Waals surface area contributed by atoms with Gasteiger partial charge in [-0.05, 0) is 61.4 Å². The van der Waals surface area contributed by atoms with E-state index in [4.69, 9.17) is 14.2 Å². The maximum atomic E-state index is 5.79. The molecule has 0 spiro atoms. The number of aliphatic imine (C=N–C) groups is 1. The van der Waals surface area contributed by atoms with E-state index in [9.17, 15) is 0 Å². The highest BCUT2D eigenvalue weighted by Crippen LogP contribution is 2.40. The molecule has 0 radical (unpaired) electrons. The maximum Gasteiger partial charge on any atom is 0.219 e. The first-order valence-corrected chi connectivity index (χ1v) is 11.5. The summed E-state index contributed by atoms with van der Waals surface area (Å²) in [6.07, 6.45) is 8.03. The van der Waals surface area contributed by atoms with E-state index in [1.54, 1.807) is 14.2 Å². The minimum Gasteiger partial charge on any atom is -0.497 e. The molecule has 1 aliphatic rings. The molecule has 32 heavy (non-hydrogen) atoms. The normalized spacial score (nSPS) is 15.4. The fourth-order valence-electron chi connectivity index (χ4n) is 4.09. The van der Waals surface area contributed by atoms with E-state index in [2.05, 4.69) is 27.5 Å². The number of hydrogen-bond donors (Lipinski definition) is 2. The van der Waals surface area contributed by atoms with Crippen molar-refractivity contribution in [3.63, 3.8) is 0 Å². The summed E-state index contributed by atoms with van der Waals surface area (Å²) in [5.74, 6) is 2.88. The molecule has 1 saturated carbocycles. The van der Waals surface area contributed by atoms with E-state index >= 15 is 0 Å². The van der Waals surface area contributed by atoms with Crippen molar-refractivity contribution in [2.75, 3.05) is 33.9 Å². The van der Waals surface area contributed by atoms with Gasteiger partial charge in [0.2, 0.25) is 5.88 Å². The van der Waals surface area contributed by atoms with Crippen molar-refractivity contribution in [2.45, 2.75) is 45.6 Å². The van der Waals surface area contributed by atoms with Gasteiger partial charge in [-0.2, -0.15) is 0 Å². The molecule has 2 N–H and O–H groups in total. The largest absolute Gasteiger partial charge is 0.497 e. The van der Waals surface area contributed by atoms with Gasteiger partial charge in [0.05, 0.1) is 7.11 Å². The Morgan fingerprint density at radius 1 is 1.06 bits per heavy atom. The fourth-order valence-corrected chi connectivity index (χ4v) is 4.09. The van der Waals surface area contributed by atoms with Crippen LogP contribution in [0, 0.1) is 5.41 Å². The number of pyridine rings is 1. The van der Waals surface area contributed by atoms with Crippen LogP contribution >= 0.6 is 0 Å². The molecule has 7 heteroatoms. The summed E-state index contributed by atoms with van der Waals surface area (Å²) in [6, 6.07) is 11.3.